The number of carbonyl (C=O) groups excluding carboxylic acids is 1. The van der Waals surface area contributed by atoms with E-state index in [1.165, 1.54) is 6.07 Å². The number of amides is 2. The molecular weight excluding hydrogens is 444 g/mol. The van der Waals surface area contributed by atoms with Gasteiger partial charge in [-0.1, -0.05) is 37.3 Å². The van der Waals surface area contributed by atoms with Gasteiger partial charge in [-0.3, -0.25) is 4.90 Å². The second kappa shape index (κ2) is 10.1. The number of hydrogen-bond donors (Lipinski definition) is 2. The fourth-order valence-electron chi connectivity index (χ4n) is 4.25. The zero-order chi connectivity index (χ0) is 24.2. The van der Waals surface area contributed by atoms with Crippen LogP contribution in [0, 0.1) is 12.8 Å². The number of aromatic nitrogens is 5. The number of carbonyl (C=O) groups is 1. The number of nitrogens with one attached hydrogen (secondary N) is 2. The van der Waals surface area contributed by atoms with Crippen molar-refractivity contribution < 1.29 is 18.3 Å². The predicted molar refractivity (Wildman–Crippen MR) is 122 cm³/mol. The molecule has 0 bridgehead atoms. The summed E-state index contributed by atoms with van der Waals surface area (Å²) in [6.45, 7) is 2.73. The van der Waals surface area contributed by atoms with Gasteiger partial charge in [-0.2, -0.15) is 14.0 Å². The number of halogens is 2. The van der Waals surface area contributed by atoms with Crippen LogP contribution in [0.4, 0.5) is 25.0 Å². The number of ether oxygens (including phenoxy) is 1. The summed E-state index contributed by atoms with van der Waals surface area (Å²) in [6, 6.07) is 10.4. The number of hydrogen-bond acceptors (Lipinski definition) is 6. The molecule has 0 unspecified atom stereocenters. The van der Waals surface area contributed by atoms with Crippen molar-refractivity contribution in [1.29, 1.82) is 0 Å². The lowest BCUT2D eigenvalue weighted by molar-refractivity contribution is -0.0523. The Balaban J connectivity index is 1.60. The highest BCUT2D eigenvalue weighted by atomic mass is 19.3. The molecule has 0 saturated heterocycles. The van der Waals surface area contributed by atoms with E-state index in [0.717, 1.165) is 24.1 Å². The van der Waals surface area contributed by atoms with E-state index in [1.807, 2.05) is 24.3 Å². The van der Waals surface area contributed by atoms with Gasteiger partial charge in [0.2, 0.25) is 5.88 Å². The van der Waals surface area contributed by atoms with Gasteiger partial charge in [-0.15, -0.1) is 10.2 Å². The van der Waals surface area contributed by atoms with Crippen LogP contribution in [-0.2, 0) is 6.42 Å². The molecule has 0 aliphatic heterocycles. The van der Waals surface area contributed by atoms with Crippen LogP contribution >= 0.6 is 0 Å². The van der Waals surface area contributed by atoms with Gasteiger partial charge in [0.15, 0.2) is 5.82 Å². The molecule has 1 fully saturated rings. The smallest absolute Gasteiger partial charge is 0.388 e. The molecule has 2 heterocycles. The Morgan fingerprint density at radius 2 is 2.00 bits per heavy atom. The first-order chi connectivity index (χ1) is 16.3. The summed E-state index contributed by atoms with van der Waals surface area (Å²) in [5, 5.41) is 16.8. The molecule has 1 saturated carbocycles. The predicted octanol–water partition coefficient (Wildman–Crippen LogP) is 4.69. The number of pyridine rings is 1. The molecule has 34 heavy (non-hydrogen) atoms. The van der Waals surface area contributed by atoms with Gasteiger partial charge >= 0.3 is 12.6 Å². The molecule has 0 spiro atoms. The zero-order valence-corrected chi connectivity index (χ0v) is 19.2. The number of urea groups is 1. The standard InChI is InChI=1S/C23H27F2N7O2/c1-13(2)17-6-4-5-7-19(17)32(16-10-15(11-16)12-20-28-30-31-29-20)23(33)27-18-9-8-14(3)26-21(18)34-22(24)25/h4-9,13,15-16,22H,10-12H2,1-3H3,(H,27,33)(H,28,29,30,31). The number of para-hydroxylation sites is 1. The molecular formula is C23H27F2N7O2. The van der Waals surface area contributed by atoms with Crippen LogP contribution in [0.25, 0.3) is 0 Å². The minimum Gasteiger partial charge on any atom is -0.415 e. The van der Waals surface area contributed by atoms with Crippen molar-refractivity contribution in [2.24, 2.45) is 5.92 Å². The molecule has 2 amide bonds. The van der Waals surface area contributed by atoms with Crippen LogP contribution in [0.1, 0.15) is 49.7 Å². The number of alkyl halides is 2. The average Bonchev–Trinajstić information content (AvgIpc) is 3.27. The van der Waals surface area contributed by atoms with E-state index in [4.69, 9.17) is 0 Å². The van der Waals surface area contributed by atoms with Crippen molar-refractivity contribution in [3.8, 4) is 5.88 Å². The molecule has 4 rings (SSSR count). The molecule has 9 nitrogen and oxygen atoms in total. The van der Waals surface area contributed by atoms with Crippen LogP contribution in [0.15, 0.2) is 36.4 Å². The van der Waals surface area contributed by atoms with Crippen LogP contribution in [-0.4, -0.2) is 44.3 Å². The largest absolute Gasteiger partial charge is 0.415 e. The van der Waals surface area contributed by atoms with E-state index in [-0.39, 0.29) is 23.5 Å². The summed E-state index contributed by atoms with van der Waals surface area (Å²) in [5.41, 5.74) is 2.39. The van der Waals surface area contributed by atoms with Crippen LogP contribution in [0.2, 0.25) is 0 Å². The quantitative estimate of drug-likeness (QED) is 0.493. The van der Waals surface area contributed by atoms with Gasteiger partial charge in [0.1, 0.15) is 5.69 Å². The maximum atomic E-state index is 13.6. The molecule has 2 aromatic heterocycles. The van der Waals surface area contributed by atoms with E-state index >= 15 is 0 Å². The number of aryl methyl sites for hydroxylation is 1. The van der Waals surface area contributed by atoms with E-state index in [9.17, 15) is 13.6 Å². The topological polar surface area (TPSA) is 109 Å². The highest BCUT2D eigenvalue weighted by Gasteiger charge is 2.38. The van der Waals surface area contributed by atoms with Crippen molar-refractivity contribution in [2.75, 3.05) is 10.2 Å². The van der Waals surface area contributed by atoms with Crippen molar-refractivity contribution in [1.82, 2.24) is 25.6 Å². The third kappa shape index (κ3) is 5.29. The van der Waals surface area contributed by atoms with Crippen molar-refractivity contribution in [2.45, 2.75) is 58.6 Å². The molecule has 1 aromatic carbocycles. The number of nitrogens with zero attached hydrogens (tertiary/aromatic N) is 5. The van der Waals surface area contributed by atoms with Crippen molar-refractivity contribution >= 4 is 17.4 Å². The molecule has 3 aromatic rings. The Labute approximate surface area is 195 Å². The number of H-pyrrole nitrogens is 1. The molecule has 1 aliphatic rings. The van der Waals surface area contributed by atoms with Crippen LogP contribution in [0.5, 0.6) is 5.88 Å². The lowest BCUT2D eigenvalue weighted by Gasteiger charge is -2.43. The first kappa shape index (κ1) is 23.5. The fraction of sp³-hybridized carbons (Fsp3) is 0.435. The number of anilines is 2. The first-order valence-electron chi connectivity index (χ1n) is 11.2. The molecule has 0 radical (unpaired) electrons. The summed E-state index contributed by atoms with van der Waals surface area (Å²) < 4.78 is 30.4. The van der Waals surface area contributed by atoms with E-state index in [0.29, 0.717) is 23.9 Å². The molecule has 2 N–H and O–H groups in total. The first-order valence-corrected chi connectivity index (χ1v) is 11.2. The lowest BCUT2D eigenvalue weighted by atomic mass is 9.76. The maximum absolute atomic E-state index is 13.6. The molecule has 180 valence electrons. The van der Waals surface area contributed by atoms with Gasteiger partial charge in [0.25, 0.3) is 0 Å². The Bertz CT molecular complexity index is 1120. The van der Waals surface area contributed by atoms with Crippen LogP contribution in [0.3, 0.4) is 0 Å². The van der Waals surface area contributed by atoms with Gasteiger partial charge in [0.05, 0.1) is 0 Å². The van der Waals surface area contributed by atoms with Gasteiger partial charge in [0, 0.05) is 23.8 Å². The number of aromatic amines is 1. The second-order valence-corrected chi connectivity index (χ2v) is 8.72. The lowest BCUT2D eigenvalue weighted by Crippen LogP contribution is -2.50. The zero-order valence-electron chi connectivity index (χ0n) is 19.2. The van der Waals surface area contributed by atoms with E-state index < -0.39 is 12.6 Å². The summed E-state index contributed by atoms with van der Waals surface area (Å²) in [7, 11) is 0. The number of rotatable bonds is 8. The monoisotopic (exact) mass is 471 g/mol. The highest BCUT2D eigenvalue weighted by Crippen LogP contribution is 2.39. The van der Waals surface area contributed by atoms with Crippen LogP contribution < -0.4 is 15.0 Å². The normalized spacial score (nSPS) is 17.5. The summed E-state index contributed by atoms with van der Waals surface area (Å²) >= 11 is 0. The Hall–Kier alpha value is -3.63. The molecule has 11 heteroatoms. The summed E-state index contributed by atoms with van der Waals surface area (Å²) in [5.74, 6) is 0.814. The van der Waals surface area contributed by atoms with Gasteiger partial charge < -0.3 is 10.1 Å². The Morgan fingerprint density at radius 1 is 1.24 bits per heavy atom. The average molecular weight is 472 g/mol. The minimum absolute atomic E-state index is 0.0744. The van der Waals surface area contributed by atoms with Crippen molar-refractivity contribution in [3.05, 3.63) is 53.5 Å². The summed E-state index contributed by atoms with van der Waals surface area (Å²) in [6.07, 6.45) is 2.17. The summed E-state index contributed by atoms with van der Waals surface area (Å²) in [4.78, 5) is 19.3. The Kier molecular flexibility index (Phi) is 6.99. The Morgan fingerprint density at radius 3 is 2.68 bits per heavy atom. The third-order valence-electron chi connectivity index (χ3n) is 5.92. The van der Waals surface area contributed by atoms with Crippen molar-refractivity contribution in [3.63, 3.8) is 0 Å². The number of tetrazole rings is 1. The second-order valence-electron chi connectivity index (χ2n) is 8.72. The third-order valence-corrected chi connectivity index (χ3v) is 5.92. The minimum atomic E-state index is -3.06. The van der Waals surface area contributed by atoms with Gasteiger partial charge in [-0.25, -0.2) is 9.78 Å². The van der Waals surface area contributed by atoms with Gasteiger partial charge in [-0.05, 0) is 55.4 Å². The SMILES string of the molecule is Cc1ccc(NC(=O)N(c2ccccc2C(C)C)C2CC(Cc3nn[nH]n3)C2)c(OC(F)F)n1. The number of benzene rings is 1. The van der Waals surface area contributed by atoms with E-state index in [2.05, 4.69) is 49.5 Å². The molecule has 0 atom stereocenters. The maximum Gasteiger partial charge on any atom is 0.388 e. The molecule has 1 aliphatic carbocycles. The highest BCUT2D eigenvalue weighted by molar-refractivity contribution is 6.03. The van der Waals surface area contributed by atoms with E-state index in [1.54, 1.807) is 17.9 Å². The fourth-order valence-corrected chi connectivity index (χ4v) is 4.25.